The molecular weight excluding hydrogens is 132 g/mol. The van der Waals surface area contributed by atoms with E-state index in [1.807, 2.05) is 0 Å². The Labute approximate surface area is 58.4 Å². The number of benzene rings is 1. The smallest absolute Gasteiger partial charge is 0.172 e. The fraction of sp³-hybridized carbons (Fsp3) is 0.143. The first-order chi connectivity index (χ1) is 4.84. The zero-order valence-corrected chi connectivity index (χ0v) is 5.23. The van der Waals surface area contributed by atoms with Crippen LogP contribution in [0.3, 0.4) is 0 Å². The Bertz CT molecular complexity index is 185. The Morgan fingerprint density at radius 3 is 2.40 bits per heavy atom. The van der Waals surface area contributed by atoms with Crippen LogP contribution in [-0.2, 0) is 4.89 Å². The van der Waals surface area contributed by atoms with E-state index >= 15 is 0 Å². The van der Waals surface area contributed by atoms with Gasteiger partial charge < -0.3 is 15.3 Å². The van der Waals surface area contributed by atoms with Crippen molar-refractivity contribution in [3.05, 3.63) is 35.9 Å². The number of hydrogen-bond donors (Lipinski definition) is 1. The molecule has 0 spiro atoms. The lowest BCUT2D eigenvalue weighted by molar-refractivity contribution is -0.720. The lowest BCUT2D eigenvalue weighted by Gasteiger charge is -2.14. The molecule has 0 saturated heterocycles. The summed E-state index contributed by atoms with van der Waals surface area (Å²) < 4.78 is 0. The van der Waals surface area contributed by atoms with Gasteiger partial charge in [0.1, 0.15) is 0 Å². The van der Waals surface area contributed by atoms with Gasteiger partial charge in [-0.3, -0.25) is 0 Å². The summed E-state index contributed by atoms with van der Waals surface area (Å²) in [6, 6.07) is 8.46. The Balaban J connectivity index is 2.75. The highest BCUT2D eigenvalue weighted by atomic mass is 17.1. The number of hydrogen-bond acceptors (Lipinski definition) is 3. The molecule has 1 rings (SSSR count). The summed E-state index contributed by atoms with van der Waals surface area (Å²) in [4.78, 5) is 3.44. The van der Waals surface area contributed by atoms with E-state index in [9.17, 15) is 5.26 Å². The summed E-state index contributed by atoms with van der Waals surface area (Å²) in [5.41, 5.74) is 0.470. The molecule has 3 heteroatoms. The van der Waals surface area contributed by atoms with Gasteiger partial charge in [-0.25, -0.2) is 0 Å². The first-order valence-electron chi connectivity index (χ1n) is 2.86. The molecule has 1 N–H and O–H groups in total. The third-order valence-electron chi connectivity index (χ3n) is 1.18. The van der Waals surface area contributed by atoms with Crippen molar-refractivity contribution in [3.8, 4) is 0 Å². The number of aliphatic hydroxyl groups is 1. The van der Waals surface area contributed by atoms with Crippen LogP contribution in [0.15, 0.2) is 30.3 Å². The highest BCUT2D eigenvalue weighted by Gasteiger charge is 1.99. The average Bonchev–Trinajstić information content (AvgIpc) is 2.05. The normalized spacial score (nSPS) is 13.0. The lowest BCUT2D eigenvalue weighted by Crippen LogP contribution is -2.11. The molecule has 10 heavy (non-hydrogen) atoms. The molecular formula is C7H7O3-. The molecule has 0 aliphatic rings. The molecule has 0 amide bonds. The van der Waals surface area contributed by atoms with Crippen molar-refractivity contribution >= 4 is 0 Å². The van der Waals surface area contributed by atoms with Gasteiger partial charge in [0.2, 0.25) is 0 Å². The van der Waals surface area contributed by atoms with Gasteiger partial charge in [-0.05, 0) is 0 Å². The third-order valence-corrected chi connectivity index (χ3v) is 1.18. The van der Waals surface area contributed by atoms with Gasteiger partial charge in [0.25, 0.3) is 0 Å². The predicted molar refractivity (Wildman–Crippen MR) is 32.5 cm³/mol. The van der Waals surface area contributed by atoms with E-state index in [0.717, 1.165) is 0 Å². The fourth-order valence-corrected chi connectivity index (χ4v) is 0.673. The van der Waals surface area contributed by atoms with Crippen molar-refractivity contribution in [2.24, 2.45) is 0 Å². The quantitative estimate of drug-likeness (QED) is 0.355. The molecule has 1 unspecified atom stereocenters. The summed E-state index contributed by atoms with van der Waals surface area (Å²) in [6.07, 6.45) is -1.35. The van der Waals surface area contributed by atoms with E-state index in [1.54, 1.807) is 30.3 Å². The van der Waals surface area contributed by atoms with Crippen LogP contribution < -0.4 is 5.26 Å². The standard InChI is InChI=1S/C7H8O3/c8-7(10-9)6-4-2-1-3-5-6/h1-5,7-9H/p-1. The van der Waals surface area contributed by atoms with Crippen LogP contribution in [-0.4, -0.2) is 5.11 Å². The Kier molecular flexibility index (Phi) is 2.39. The number of rotatable bonds is 2. The zero-order chi connectivity index (χ0) is 7.40. The van der Waals surface area contributed by atoms with E-state index in [2.05, 4.69) is 4.89 Å². The molecule has 0 saturated carbocycles. The maximum Gasteiger partial charge on any atom is 0.172 e. The van der Waals surface area contributed by atoms with Crippen molar-refractivity contribution in [2.45, 2.75) is 6.29 Å². The van der Waals surface area contributed by atoms with Crippen LogP contribution in [0.25, 0.3) is 0 Å². The van der Waals surface area contributed by atoms with E-state index in [0.29, 0.717) is 5.56 Å². The highest BCUT2D eigenvalue weighted by molar-refractivity contribution is 5.15. The second-order valence-electron chi connectivity index (χ2n) is 1.86. The molecule has 1 atom stereocenters. The summed E-state index contributed by atoms with van der Waals surface area (Å²) in [5, 5.41) is 18.5. The highest BCUT2D eigenvalue weighted by Crippen LogP contribution is 2.09. The second kappa shape index (κ2) is 3.31. The first-order valence-corrected chi connectivity index (χ1v) is 2.86. The van der Waals surface area contributed by atoms with Crippen LogP contribution in [0, 0.1) is 0 Å². The van der Waals surface area contributed by atoms with Crippen LogP contribution in [0.1, 0.15) is 11.9 Å². The maximum atomic E-state index is 9.68. The van der Waals surface area contributed by atoms with Gasteiger partial charge in [-0.1, -0.05) is 30.3 Å². The minimum atomic E-state index is -1.35. The lowest BCUT2D eigenvalue weighted by atomic mass is 10.2. The summed E-state index contributed by atoms with van der Waals surface area (Å²) in [7, 11) is 0. The third kappa shape index (κ3) is 1.54. The van der Waals surface area contributed by atoms with E-state index in [4.69, 9.17) is 5.11 Å². The molecule has 0 aliphatic carbocycles. The van der Waals surface area contributed by atoms with Crippen LogP contribution in [0.5, 0.6) is 0 Å². The molecule has 0 aromatic heterocycles. The minimum absolute atomic E-state index is 0.470. The summed E-state index contributed by atoms with van der Waals surface area (Å²) >= 11 is 0. The zero-order valence-electron chi connectivity index (χ0n) is 5.23. The van der Waals surface area contributed by atoms with Gasteiger partial charge in [0.05, 0.1) is 0 Å². The average molecular weight is 139 g/mol. The molecule has 0 aliphatic heterocycles. The van der Waals surface area contributed by atoms with Crippen molar-refractivity contribution in [2.75, 3.05) is 0 Å². The van der Waals surface area contributed by atoms with Crippen molar-refractivity contribution in [3.63, 3.8) is 0 Å². The van der Waals surface area contributed by atoms with Gasteiger partial charge >= 0.3 is 0 Å². The van der Waals surface area contributed by atoms with E-state index < -0.39 is 6.29 Å². The SMILES string of the molecule is [O-]OC(O)c1ccccc1. The monoisotopic (exact) mass is 139 g/mol. The van der Waals surface area contributed by atoms with E-state index in [1.165, 1.54) is 0 Å². The van der Waals surface area contributed by atoms with Gasteiger partial charge in [0, 0.05) is 5.56 Å². The summed E-state index contributed by atoms with van der Waals surface area (Å²) in [5.74, 6) is 0. The van der Waals surface area contributed by atoms with E-state index in [-0.39, 0.29) is 0 Å². The largest absolute Gasteiger partial charge is 0.721 e. The van der Waals surface area contributed by atoms with Crippen LogP contribution in [0.4, 0.5) is 0 Å². The van der Waals surface area contributed by atoms with Crippen molar-refractivity contribution < 1.29 is 15.3 Å². The summed E-state index contributed by atoms with van der Waals surface area (Å²) in [6.45, 7) is 0. The Morgan fingerprint density at radius 2 is 1.90 bits per heavy atom. The van der Waals surface area contributed by atoms with Gasteiger partial charge in [-0.2, -0.15) is 0 Å². The number of aliphatic hydroxyl groups excluding tert-OH is 1. The van der Waals surface area contributed by atoms with Crippen LogP contribution >= 0.6 is 0 Å². The van der Waals surface area contributed by atoms with Crippen LogP contribution in [0.2, 0.25) is 0 Å². The molecule has 0 heterocycles. The van der Waals surface area contributed by atoms with Crippen molar-refractivity contribution in [1.82, 2.24) is 0 Å². The van der Waals surface area contributed by atoms with Crippen molar-refractivity contribution in [1.29, 1.82) is 0 Å². The maximum absolute atomic E-state index is 9.68. The Hall–Kier alpha value is -0.900. The first kappa shape index (κ1) is 7.21. The fourth-order valence-electron chi connectivity index (χ4n) is 0.673. The molecule has 1 aromatic carbocycles. The minimum Gasteiger partial charge on any atom is -0.721 e. The molecule has 1 aromatic rings. The molecule has 0 radical (unpaired) electrons. The van der Waals surface area contributed by atoms with Gasteiger partial charge in [-0.15, -0.1) is 0 Å². The molecule has 3 nitrogen and oxygen atoms in total. The molecule has 0 fully saturated rings. The topological polar surface area (TPSA) is 52.5 Å². The predicted octanol–water partition coefficient (Wildman–Crippen LogP) is -0.0306. The molecule has 0 bridgehead atoms. The molecule has 54 valence electrons. The van der Waals surface area contributed by atoms with Gasteiger partial charge in [0.15, 0.2) is 6.29 Å². The second-order valence-corrected chi connectivity index (χ2v) is 1.86. The Morgan fingerprint density at radius 1 is 1.30 bits per heavy atom.